The Bertz CT molecular complexity index is 1110. The van der Waals surface area contributed by atoms with Crippen molar-refractivity contribution in [2.45, 2.75) is 31.7 Å². The van der Waals surface area contributed by atoms with Gasteiger partial charge in [-0.25, -0.2) is 9.97 Å². The van der Waals surface area contributed by atoms with Gasteiger partial charge in [0, 0.05) is 35.9 Å². The minimum absolute atomic E-state index is 0.0114. The van der Waals surface area contributed by atoms with Crippen LogP contribution in [0, 0.1) is 13.8 Å². The number of anilines is 1. The van der Waals surface area contributed by atoms with E-state index in [0.29, 0.717) is 12.1 Å². The molecule has 2 aromatic heterocycles. The Labute approximate surface area is 184 Å². The first kappa shape index (κ1) is 20.6. The standard InChI is InChI=1S/C23H24N4OS2/c1-16-5-6-17(2)21-20(16)25-23(30-21)27(13-4-12-26-14-11-24-15-26)22(28)18-7-9-19(29-3)10-8-18/h5-11,14-15H,4,12-13H2,1-3H3. The Kier molecular flexibility index (Phi) is 6.20. The summed E-state index contributed by atoms with van der Waals surface area (Å²) in [5, 5.41) is 0.756. The van der Waals surface area contributed by atoms with E-state index in [1.807, 2.05) is 46.2 Å². The van der Waals surface area contributed by atoms with Crippen molar-refractivity contribution in [1.29, 1.82) is 0 Å². The van der Waals surface area contributed by atoms with Crippen LogP contribution in [0.4, 0.5) is 5.13 Å². The number of rotatable bonds is 7. The third kappa shape index (κ3) is 4.27. The molecule has 0 saturated heterocycles. The predicted molar refractivity (Wildman–Crippen MR) is 126 cm³/mol. The van der Waals surface area contributed by atoms with Gasteiger partial charge in [-0.15, -0.1) is 11.8 Å². The number of benzene rings is 2. The van der Waals surface area contributed by atoms with Crippen molar-refractivity contribution in [3.63, 3.8) is 0 Å². The maximum absolute atomic E-state index is 13.5. The molecular formula is C23H24N4OS2. The van der Waals surface area contributed by atoms with Crippen molar-refractivity contribution < 1.29 is 4.79 Å². The SMILES string of the molecule is CSc1ccc(C(=O)N(CCCn2ccnc2)c2nc3c(C)ccc(C)c3s2)cc1. The maximum Gasteiger partial charge on any atom is 0.260 e. The van der Waals surface area contributed by atoms with Gasteiger partial charge in [0.2, 0.25) is 0 Å². The molecule has 0 atom stereocenters. The summed E-state index contributed by atoms with van der Waals surface area (Å²) in [4.78, 5) is 25.4. The van der Waals surface area contributed by atoms with Gasteiger partial charge in [-0.3, -0.25) is 9.69 Å². The molecule has 5 nitrogen and oxygen atoms in total. The molecule has 0 N–H and O–H groups in total. The number of fused-ring (bicyclic) bond motifs is 1. The lowest BCUT2D eigenvalue weighted by atomic mass is 10.1. The fourth-order valence-electron chi connectivity index (χ4n) is 3.37. The fraction of sp³-hybridized carbons (Fsp3) is 0.261. The van der Waals surface area contributed by atoms with Crippen LogP contribution in [0.2, 0.25) is 0 Å². The van der Waals surface area contributed by atoms with Gasteiger partial charge in [0.25, 0.3) is 5.91 Å². The van der Waals surface area contributed by atoms with Crippen molar-refractivity contribution in [3.8, 4) is 0 Å². The van der Waals surface area contributed by atoms with E-state index in [1.54, 1.807) is 35.6 Å². The van der Waals surface area contributed by atoms with E-state index >= 15 is 0 Å². The number of carbonyl (C=O) groups is 1. The summed E-state index contributed by atoms with van der Waals surface area (Å²) >= 11 is 3.26. The average Bonchev–Trinajstić information content (AvgIpc) is 3.44. The number of thiazole rings is 1. The molecule has 1 amide bonds. The highest BCUT2D eigenvalue weighted by molar-refractivity contribution is 7.98. The minimum atomic E-state index is -0.0114. The first-order chi connectivity index (χ1) is 14.6. The highest BCUT2D eigenvalue weighted by Crippen LogP contribution is 2.34. The number of aromatic nitrogens is 3. The Morgan fingerprint density at radius 1 is 1.13 bits per heavy atom. The molecule has 0 unspecified atom stereocenters. The molecule has 154 valence electrons. The molecule has 0 aliphatic heterocycles. The minimum Gasteiger partial charge on any atom is -0.337 e. The Hall–Kier alpha value is -2.64. The van der Waals surface area contributed by atoms with Gasteiger partial charge in [0.1, 0.15) is 0 Å². The molecule has 0 radical (unpaired) electrons. The van der Waals surface area contributed by atoms with E-state index < -0.39 is 0 Å². The largest absolute Gasteiger partial charge is 0.337 e. The van der Waals surface area contributed by atoms with Crippen LogP contribution < -0.4 is 4.90 Å². The highest BCUT2D eigenvalue weighted by Gasteiger charge is 2.22. The molecule has 4 aromatic rings. The van der Waals surface area contributed by atoms with Crippen molar-refractivity contribution in [2.75, 3.05) is 17.7 Å². The number of hydrogen-bond donors (Lipinski definition) is 0. The smallest absolute Gasteiger partial charge is 0.260 e. The van der Waals surface area contributed by atoms with Gasteiger partial charge in [-0.05, 0) is 61.9 Å². The fourth-order valence-corrected chi connectivity index (χ4v) is 4.91. The Morgan fingerprint density at radius 2 is 1.90 bits per heavy atom. The first-order valence-electron chi connectivity index (χ1n) is 9.85. The second kappa shape index (κ2) is 9.02. The molecule has 0 aliphatic carbocycles. The topological polar surface area (TPSA) is 51.0 Å². The lowest BCUT2D eigenvalue weighted by Crippen LogP contribution is -2.32. The van der Waals surface area contributed by atoms with Crippen LogP contribution >= 0.6 is 23.1 Å². The molecule has 30 heavy (non-hydrogen) atoms. The van der Waals surface area contributed by atoms with Crippen LogP contribution in [0.3, 0.4) is 0 Å². The summed E-state index contributed by atoms with van der Waals surface area (Å²) in [6, 6.07) is 12.0. The quantitative estimate of drug-likeness (QED) is 0.356. The van der Waals surface area contributed by atoms with Crippen LogP contribution in [-0.2, 0) is 6.54 Å². The number of aryl methyl sites for hydroxylation is 3. The van der Waals surface area contributed by atoms with Crippen LogP contribution in [0.1, 0.15) is 27.9 Å². The molecule has 0 aliphatic rings. The van der Waals surface area contributed by atoms with Gasteiger partial charge >= 0.3 is 0 Å². The molecule has 2 heterocycles. The summed E-state index contributed by atoms with van der Waals surface area (Å²) in [7, 11) is 0. The Balaban J connectivity index is 1.66. The van der Waals surface area contributed by atoms with Crippen LogP contribution in [0.25, 0.3) is 10.2 Å². The van der Waals surface area contributed by atoms with Crippen molar-refractivity contribution in [3.05, 3.63) is 71.8 Å². The highest BCUT2D eigenvalue weighted by atomic mass is 32.2. The molecule has 0 saturated carbocycles. The Morgan fingerprint density at radius 3 is 2.57 bits per heavy atom. The number of imidazole rings is 1. The van der Waals surface area contributed by atoms with E-state index in [0.717, 1.165) is 38.8 Å². The summed E-state index contributed by atoms with van der Waals surface area (Å²) < 4.78 is 3.18. The van der Waals surface area contributed by atoms with E-state index in [-0.39, 0.29) is 5.91 Å². The third-order valence-electron chi connectivity index (χ3n) is 5.10. The van der Waals surface area contributed by atoms with Crippen LogP contribution in [0.15, 0.2) is 60.0 Å². The van der Waals surface area contributed by atoms with Gasteiger partial charge in [0.05, 0.1) is 16.5 Å². The molecule has 2 aromatic carbocycles. The van der Waals surface area contributed by atoms with Gasteiger partial charge in [-0.2, -0.15) is 0 Å². The van der Waals surface area contributed by atoms with Gasteiger partial charge in [0.15, 0.2) is 5.13 Å². The molecule has 4 rings (SSSR count). The molecular weight excluding hydrogens is 412 g/mol. The zero-order chi connectivity index (χ0) is 21.1. The first-order valence-corrected chi connectivity index (χ1v) is 11.9. The summed E-state index contributed by atoms with van der Waals surface area (Å²) in [5.41, 5.74) is 3.99. The molecule has 0 fully saturated rings. The molecule has 7 heteroatoms. The van der Waals surface area contributed by atoms with E-state index in [9.17, 15) is 4.79 Å². The zero-order valence-corrected chi connectivity index (χ0v) is 19.0. The number of carbonyl (C=O) groups excluding carboxylic acids is 1. The van der Waals surface area contributed by atoms with Gasteiger partial charge in [-0.1, -0.05) is 23.5 Å². The maximum atomic E-state index is 13.5. The van der Waals surface area contributed by atoms with Crippen LogP contribution in [0.5, 0.6) is 0 Å². The summed E-state index contributed by atoms with van der Waals surface area (Å²) in [5.74, 6) is -0.0114. The normalized spacial score (nSPS) is 11.2. The monoisotopic (exact) mass is 436 g/mol. The zero-order valence-electron chi connectivity index (χ0n) is 17.3. The molecule has 0 spiro atoms. The second-order valence-electron chi connectivity index (χ2n) is 7.21. The number of amides is 1. The van der Waals surface area contributed by atoms with E-state index in [4.69, 9.17) is 4.98 Å². The van der Waals surface area contributed by atoms with Crippen molar-refractivity contribution in [2.24, 2.45) is 0 Å². The van der Waals surface area contributed by atoms with Crippen molar-refractivity contribution in [1.82, 2.24) is 14.5 Å². The lowest BCUT2D eigenvalue weighted by Gasteiger charge is -2.20. The summed E-state index contributed by atoms with van der Waals surface area (Å²) in [6.07, 6.45) is 8.37. The third-order valence-corrected chi connectivity index (χ3v) is 7.06. The number of thioether (sulfide) groups is 1. The molecule has 0 bridgehead atoms. The van der Waals surface area contributed by atoms with Gasteiger partial charge < -0.3 is 4.57 Å². The van der Waals surface area contributed by atoms with E-state index in [1.165, 1.54) is 5.56 Å². The second-order valence-corrected chi connectivity index (χ2v) is 9.07. The number of nitrogens with zero attached hydrogens (tertiary/aromatic N) is 4. The van der Waals surface area contributed by atoms with Crippen molar-refractivity contribution >= 4 is 44.4 Å². The number of hydrogen-bond acceptors (Lipinski definition) is 5. The summed E-state index contributed by atoms with van der Waals surface area (Å²) in [6.45, 7) is 5.56. The average molecular weight is 437 g/mol. The van der Waals surface area contributed by atoms with Crippen LogP contribution in [-0.4, -0.2) is 33.2 Å². The predicted octanol–water partition coefficient (Wildman–Crippen LogP) is 5.57. The van der Waals surface area contributed by atoms with E-state index in [2.05, 4.69) is 31.0 Å². The lowest BCUT2D eigenvalue weighted by molar-refractivity contribution is 0.0986.